The maximum atomic E-state index is 12.7. The molecule has 0 unspecified atom stereocenters. The number of esters is 3. The van der Waals surface area contributed by atoms with Gasteiger partial charge in [0, 0.05) is 19.3 Å². The zero-order valence-electron chi connectivity index (χ0n) is 37.0. The summed E-state index contributed by atoms with van der Waals surface area (Å²) in [5.74, 6) is -0.866. The van der Waals surface area contributed by atoms with E-state index < -0.39 is 6.10 Å². The molecule has 0 aliphatic rings. The van der Waals surface area contributed by atoms with E-state index >= 15 is 0 Å². The summed E-state index contributed by atoms with van der Waals surface area (Å²) >= 11 is 0. The van der Waals surface area contributed by atoms with Gasteiger partial charge in [-0.05, 0) is 38.5 Å². The molecule has 0 aromatic rings. The summed E-state index contributed by atoms with van der Waals surface area (Å²) in [6.45, 7) is 6.61. The Morgan fingerprint density at radius 2 is 0.618 bits per heavy atom. The van der Waals surface area contributed by atoms with Crippen LogP contribution >= 0.6 is 0 Å². The minimum absolute atomic E-state index is 0.0686. The van der Waals surface area contributed by atoms with Gasteiger partial charge in [0.1, 0.15) is 13.2 Å². The second-order valence-corrected chi connectivity index (χ2v) is 16.4. The summed E-state index contributed by atoms with van der Waals surface area (Å²) < 4.78 is 16.7. The topological polar surface area (TPSA) is 78.9 Å². The standard InChI is InChI=1S/C49H92O6/c1-4-7-10-13-16-19-22-24-27-29-32-35-38-41-47(50)53-44-46(55-49(52)43-40-37-34-31-26-21-18-15-12-9-6-3)45-54-48(51)42-39-36-33-30-28-25-23-20-17-14-11-8-5-2/h15,18,46H,4-14,16-17,19-45H2,1-3H3/b18-15-. The van der Waals surface area contributed by atoms with Crippen molar-refractivity contribution in [1.29, 1.82) is 0 Å². The first-order chi connectivity index (χ1) is 27.0. The van der Waals surface area contributed by atoms with Gasteiger partial charge in [-0.25, -0.2) is 0 Å². The fraction of sp³-hybridized carbons (Fsp3) is 0.898. The Morgan fingerprint density at radius 1 is 0.345 bits per heavy atom. The van der Waals surface area contributed by atoms with Gasteiger partial charge >= 0.3 is 17.9 Å². The maximum Gasteiger partial charge on any atom is 0.306 e. The molecule has 6 nitrogen and oxygen atoms in total. The quantitative estimate of drug-likeness (QED) is 0.0265. The van der Waals surface area contributed by atoms with Crippen molar-refractivity contribution >= 4 is 17.9 Å². The van der Waals surface area contributed by atoms with Gasteiger partial charge < -0.3 is 14.2 Å². The van der Waals surface area contributed by atoms with Gasteiger partial charge in [0.15, 0.2) is 6.10 Å². The molecule has 0 fully saturated rings. The molecule has 0 aromatic carbocycles. The first kappa shape index (κ1) is 53.1. The van der Waals surface area contributed by atoms with E-state index in [0.29, 0.717) is 19.3 Å². The van der Waals surface area contributed by atoms with Gasteiger partial charge in [0.25, 0.3) is 0 Å². The summed E-state index contributed by atoms with van der Waals surface area (Å²) in [5, 5.41) is 0. The fourth-order valence-corrected chi connectivity index (χ4v) is 7.07. The van der Waals surface area contributed by atoms with E-state index in [1.165, 1.54) is 161 Å². The molecule has 6 heteroatoms. The highest BCUT2D eigenvalue weighted by Crippen LogP contribution is 2.16. The lowest BCUT2D eigenvalue weighted by Gasteiger charge is -2.18. The summed E-state index contributed by atoms with van der Waals surface area (Å²) in [6, 6.07) is 0. The van der Waals surface area contributed by atoms with Crippen molar-refractivity contribution in [3.8, 4) is 0 Å². The molecule has 0 aliphatic heterocycles. The van der Waals surface area contributed by atoms with E-state index in [1.807, 2.05) is 0 Å². The zero-order chi connectivity index (χ0) is 40.1. The molecule has 0 atom stereocenters. The Morgan fingerprint density at radius 3 is 0.964 bits per heavy atom. The van der Waals surface area contributed by atoms with Crippen LogP contribution in [0.3, 0.4) is 0 Å². The number of allylic oxidation sites excluding steroid dienone is 2. The van der Waals surface area contributed by atoms with Gasteiger partial charge in [-0.3, -0.25) is 14.4 Å². The molecule has 0 aliphatic carbocycles. The van der Waals surface area contributed by atoms with Gasteiger partial charge in [-0.2, -0.15) is 0 Å². The van der Waals surface area contributed by atoms with E-state index in [4.69, 9.17) is 14.2 Å². The Balaban J connectivity index is 4.33. The van der Waals surface area contributed by atoms with Crippen LogP contribution in [0.15, 0.2) is 12.2 Å². The third kappa shape index (κ3) is 43.1. The van der Waals surface area contributed by atoms with E-state index in [0.717, 1.165) is 64.2 Å². The summed E-state index contributed by atoms with van der Waals surface area (Å²) in [6.07, 6.45) is 47.6. The lowest BCUT2D eigenvalue weighted by atomic mass is 10.0. The van der Waals surface area contributed by atoms with Crippen molar-refractivity contribution < 1.29 is 28.6 Å². The molecule has 0 radical (unpaired) electrons. The van der Waals surface area contributed by atoms with Crippen molar-refractivity contribution in [2.45, 2.75) is 271 Å². The molecule has 324 valence electrons. The predicted molar refractivity (Wildman–Crippen MR) is 233 cm³/mol. The minimum atomic E-state index is -0.766. The summed E-state index contributed by atoms with van der Waals surface area (Å²) in [4.78, 5) is 37.8. The van der Waals surface area contributed by atoms with Gasteiger partial charge in [-0.1, -0.05) is 219 Å². The molecule has 0 N–H and O–H groups in total. The molecule has 0 amide bonds. The van der Waals surface area contributed by atoms with E-state index in [9.17, 15) is 14.4 Å². The molecule has 0 spiro atoms. The van der Waals surface area contributed by atoms with Crippen LogP contribution in [0.25, 0.3) is 0 Å². The average Bonchev–Trinajstić information content (AvgIpc) is 3.18. The first-order valence-electron chi connectivity index (χ1n) is 24.2. The fourth-order valence-electron chi connectivity index (χ4n) is 7.07. The number of carbonyl (C=O) groups is 3. The lowest BCUT2D eigenvalue weighted by Crippen LogP contribution is -2.30. The van der Waals surface area contributed by atoms with Crippen LogP contribution in [0.5, 0.6) is 0 Å². The van der Waals surface area contributed by atoms with Gasteiger partial charge in [0.05, 0.1) is 0 Å². The largest absolute Gasteiger partial charge is 0.462 e. The number of unbranched alkanes of at least 4 members (excludes halogenated alkanes) is 31. The number of hydrogen-bond acceptors (Lipinski definition) is 6. The van der Waals surface area contributed by atoms with Crippen molar-refractivity contribution in [2.24, 2.45) is 0 Å². The zero-order valence-corrected chi connectivity index (χ0v) is 37.0. The molecule has 0 saturated carbocycles. The molecule has 0 bridgehead atoms. The SMILES string of the molecule is CCCC/C=C\CCCCCCCC(=O)OC(COC(=O)CCCCCCCCCCCCCCC)COC(=O)CCCCCCCCCCCCCCC. The van der Waals surface area contributed by atoms with Crippen molar-refractivity contribution in [1.82, 2.24) is 0 Å². The Labute approximate surface area is 341 Å². The van der Waals surface area contributed by atoms with Crippen LogP contribution in [0.2, 0.25) is 0 Å². The van der Waals surface area contributed by atoms with Crippen LogP contribution in [-0.2, 0) is 28.6 Å². The Bertz CT molecular complexity index is 808. The Hall–Kier alpha value is -1.85. The van der Waals surface area contributed by atoms with E-state index in [-0.39, 0.29) is 31.1 Å². The predicted octanol–water partition coefficient (Wildman–Crippen LogP) is 15.4. The summed E-state index contributed by atoms with van der Waals surface area (Å²) in [7, 11) is 0. The van der Waals surface area contributed by atoms with Crippen LogP contribution in [0.1, 0.15) is 265 Å². The molecular weight excluding hydrogens is 685 g/mol. The minimum Gasteiger partial charge on any atom is -0.462 e. The van der Waals surface area contributed by atoms with Crippen LogP contribution < -0.4 is 0 Å². The van der Waals surface area contributed by atoms with Crippen LogP contribution in [0.4, 0.5) is 0 Å². The smallest absolute Gasteiger partial charge is 0.306 e. The van der Waals surface area contributed by atoms with E-state index in [1.54, 1.807) is 0 Å². The van der Waals surface area contributed by atoms with Crippen LogP contribution in [-0.4, -0.2) is 37.2 Å². The number of rotatable bonds is 44. The van der Waals surface area contributed by atoms with Crippen molar-refractivity contribution in [3.05, 3.63) is 12.2 Å². The van der Waals surface area contributed by atoms with Gasteiger partial charge in [-0.15, -0.1) is 0 Å². The molecular formula is C49H92O6. The monoisotopic (exact) mass is 777 g/mol. The first-order valence-corrected chi connectivity index (χ1v) is 24.2. The second kappa shape index (κ2) is 44.9. The second-order valence-electron chi connectivity index (χ2n) is 16.4. The van der Waals surface area contributed by atoms with Gasteiger partial charge in [0.2, 0.25) is 0 Å². The molecule has 0 heterocycles. The Kier molecular flexibility index (Phi) is 43.4. The van der Waals surface area contributed by atoms with Crippen molar-refractivity contribution in [3.63, 3.8) is 0 Å². The molecule has 0 saturated heterocycles. The number of carbonyl (C=O) groups excluding carboxylic acids is 3. The van der Waals surface area contributed by atoms with E-state index in [2.05, 4.69) is 32.9 Å². The number of hydrogen-bond donors (Lipinski definition) is 0. The van der Waals surface area contributed by atoms with Crippen molar-refractivity contribution in [2.75, 3.05) is 13.2 Å². The normalized spacial score (nSPS) is 11.5. The highest BCUT2D eigenvalue weighted by Gasteiger charge is 2.19. The third-order valence-corrected chi connectivity index (χ3v) is 10.8. The summed E-state index contributed by atoms with van der Waals surface area (Å²) in [5.41, 5.74) is 0. The van der Waals surface area contributed by atoms with Crippen LogP contribution in [0, 0.1) is 0 Å². The lowest BCUT2D eigenvalue weighted by molar-refractivity contribution is -0.167. The average molecular weight is 777 g/mol. The highest BCUT2D eigenvalue weighted by molar-refractivity contribution is 5.71. The third-order valence-electron chi connectivity index (χ3n) is 10.8. The molecule has 0 aromatic heterocycles. The molecule has 0 rings (SSSR count). The highest BCUT2D eigenvalue weighted by atomic mass is 16.6. The molecule has 55 heavy (non-hydrogen) atoms. The number of ether oxygens (including phenoxy) is 3. The maximum absolute atomic E-state index is 12.7.